The smallest absolute Gasteiger partial charge is 0.136 e. The highest BCUT2D eigenvalue weighted by atomic mass is 79.9. The van der Waals surface area contributed by atoms with E-state index in [1.807, 2.05) is 16.4 Å². The standard InChI is InChI=1S/C8H12BrN3S/c1-5-2-6(4-13-5)12-8(10)7(9)3-11-12/h3,5-6H,2,4,10H2,1H3. The van der Waals surface area contributed by atoms with Crippen LogP contribution in [0, 0.1) is 0 Å². The molecule has 2 unspecified atom stereocenters. The molecule has 0 aliphatic carbocycles. The number of anilines is 1. The maximum atomic E-state index is 5.87. The van der Waals surface area contributed by atoms with Crippen molar-refractivity contribution in [1.82, 2.24) is 9.78 Å². The van der Waals surface area contributed by atoms with E-state index in [1.54, 1.807) is 6.20 Å². The fraction of sp³-hybridized carbons (Fsp3) is 0.625. The summed E-state index contributed by atoms with van der Waals surface area (Å²) in [5.74, 6) is 1.87. The van der Waals surface area contributed by atoms with Crippen molar-refractivity contribution in [1.29, 1.82) is 0 Å². The number of aromatic nitrogens is 2. The second kappa shape index (κ2) is 3.53. The number of hydrogen-bond donors (Lipinski definition) is 1. The lowest BCUT2D eigenvalue weighted by Crippen LogP contribution is -2.12. The lowest BCUT2D eigenvalue weighted by Gasteiger charge is -2.11. The normalized spacial score (nSPS) is 28.2. The first-order valence-electron chi connectivity index (χ1n) is 4.28. The molecule has 1 saturated heterocycles. The number of hydrogen-bond acceptors (Lipinski definition) is 3. The highest BCUT2D eigenvalue weighted by Crippen LogP contribution is 2.36. The van der Waals surface area contributed by atoms with Gasteiger partial charge >= 0.3 is 0 Å². The van der Waals surface area contributed by atoms with Gasteiger partial charge in [-0.1, -0.05) is 6.92 Å². The largest absolute Gasteiger partial charge is 0.383 e. The predicted molar refractivity (Wildman–Crippen MR) is 59.9 cm³/mol. The van der Waals surface area contributed by atoms with E-state index in [4.69, 9.17) is 5.73 Å². The molecular formula is C8H12BrN3S. The Morgan fingerprint density at radius 3 is 3.00 bits per heavy atom. The number of nitrogen functional groups attached to an aromatic ring is 1. The average molecular weight is 262 g/mol. The third-order valence-electron chi connectivity index (χ3n) is 2.31. The molecule has 0 saturated carbocycles. The van der Waals surface area contributed by atoms with E-state index < -0.39 is 0 Å². The van der Waals surface area contributed by atoms with Crippen LogP contribution in [0.4, 0.5) is 5.82 Å². The summed E-state index contributed by atoms with van der Waals surface area (Å²) in [4.78, 5) is 0. The van der Waals surface area contributed by atoms with Gasteiger partial charge in [-0.15, -0.1) is 0 Å². The zero-order valence-corrected chi connectivity index (χ0v) is 9.81. The van der Waals surface area contributed by atoms with Gasteiger partial charge in [0.1, 0.15) is 5.82 Å². The molecule has 72 valence electrons. The minimum atomic E-state index is 0.478. The van der Waals surface area contributed by atoms with Crippen LogP contribution in [-0.2, 0) is 0 Å². The minimum Gasteiger partial charge on any atom is -0.383 e. The van der Waals surface area contributed by atoms with Crippen LogP contribution in [0.25, 0.3) is 0 Å². The molecule has 2 heterocycles. The van der Waals surface area contributed by atoms with Crippen molar-refractivity contribution in [3.05, 3.63) is 10.7 Å². The molecule has 1 aromatic heterocycles. The number of nitrogens with zero attached hydrogens (tertiary/aromatic N) is 2. The molecule has 13 heavy (non-hydrogen) atoms. The summed E-state index contributed by atoms with van der Waals surface area (Å²) >= 11 is 5.35. The zero-order valence-electron chi connectivity index (χ0n) is 7.40. The fourth-order valence-corrected chi connectivity index (χ4v) is 3.07. The van der Waals surface area contributed by atoms with Crippen LogP contribution < -0.4 is 5.73 Å². The van der Waals surface area contributed by atoms with Gasteiger partial charge in [-0.25, -0.2) is 4.68 Å². The van der Waals surface area contributed by atoms with Gasteiger partial charge in [0.15, 0.2) is 0 Å². The molecule has 2 rings (SSSR count). The number of halogens is 1. The molecule has 2 N–H and O–H groups in total. The van der Waals surface area contributed by atoms with E-state index in [1.165, 1.54) is 6.42 Å². The van der Waals surface area contributed by atoms with Crippen LogP contribution in [0.1, 0.15) is 19.4 Å². The molecule has 1 aliphatic heterocycles. The van der Waals surface area contributed by atoms with E-state index in [9.17, 15) is 0 Å². The van der Waals surface area contributed by atoms with Crippen LogP contribution in [0.15, 0.2) is 10.7 Å². The lowest BCUT2D eigenvalue weighted by atomic mass is 10.2. The Morgan fingerprint density at radius 2 is 2.54 bits per heavy atom. The van der Waals surface area contributed by atoms with Gasteiger partial charge in [0.2, 0.25) is 0 Å². The number of nitrogens with two attached hydrogens (primary N) is 1. The monoisotopic (exact) mass is 261 g/mol. The van der Waals surface area contributed by atoms with Crippen molar-refractivity contribution in [2.45, 2.75) is 24.6 Å². The average Bonchev–Trinajstić information content (AvgIpc) is 2.62. The van der Waals surface area contributed by atoms with Gasteiger partial charge in [-0.3, -0.25) is 0 Å². The van der Waals surface area contributed by atoms with Gasteiger partial charge in [-0.2, -0.15) is 16.9 Å². The lowest BCUT2D eigenvalue weighted by molar-refractivity contribution is 0.491. The van der Waals surface area contributed by atoms with Gasteiger partial charge in [-0.05, 0) is 22.4 Å². The summed E-state index contributed by atoms with van der Waals surface area (Å²) in [6.45, 7) is 2.25. The molecule has 0 radical (unpaired) electrons. The van der Waals surface area contributed by atoms with E-state index in [-0.39, 0.29) is 0 Å². The second-order valence-corrected chi connectivity index (χ2v) is 5.68. The van der Waals surface area contributed by atoms with Gasteiger partial charge in [0.25, 0.3) is 0 Å². The van der Waals surface area contributed by atoms with Crippen molar-refractivity contribution < 1.29 is 0 Å². The maximum absolute atomic E-state index is 5.87. The highest BCUT2D eigenvalue weighted by molar-refractivity contribution is 9.10. The molecule has 0 aromatic carbocycles. The third kappa shape index (κ3) is 1.72. The van der Waals surface area contributed by atoms with E-state index in [0.29, 0.717) is 6.04 Å². The van der Waals surface area contributed by atoms with E-state index in [0.717, 1.165) is 21.3 Å². The molecule has 1 aromatic rings. The Bertz CT molecular complexity index is 312. The summed E-state index contributed by atoms with van der Waals surface area (Å²) in [6, 6.07) is 0.478. The SMILES string of the molecule is CC1CC(n2ncc(Br)c2N)CS1. The second-order valence-electron chi connectivity index (χ2n) is 3.36. The first-order chi connectivity index (χ1) is 6.18. The third-order valence-corrected chi connectivity index (χ3v) is 4.26. The summed E-state index contributed by atoms with van der Waals surface area (Å²) in [7, 11) is 0. The molecule has 3 nitrogen and oxygen atoms in total. The Labute approximate surface area is 90.2 Å². The zero-order chi connectivity index (χ0) is 9.42. The van der Waals surface area contributed by atoms with Crippen molar-refractivity contribution >= 4 is 33.5 Å². The Hall–Kier alpha value is -0.160. The Kier molecular flexibility index (Phi) is 2.55. The molecule has 1 aliphatic rings. The topological polar surface area (TPSA) is 43.8 Å². The van der Waals surface area contributed by atoms with Crippen LogP contribution in [0.5, 0.6) is 0 Å². The molecule has 2 atom stereocenters. The minimum absolute atomic E-state index is 0.478. The molecule has 5 heteroatoms. The first kappa shape index (κ1) is 9.40. The highest BCUT2D eigenvalue weighted by Gasteiger charge is 2.25. The predicted octanol–water partition coefficient (Wildman–Crippen LogP) is 2.29. The Balaban J connectivity index is 2.21. The van der Waals surface area contributed by atoms with Crippen LogP contribution >= 0.6 is 27.7 Å². The maximum Gasteiger partial charge on any atom is 0.136 e. The molecule has 0 amide bonds. The van der Waals surface area contributed by atoms with Crippen LogP contribution in [-0.4, -0.2) is 20.8 Å². The quantitative estimate of drug-likeness (QED) is 0.844. The van der Waals surface area contributed by atoms with Crippen molar-refractivity contribution in [3.63, 3.8) is 0 Å². The molecular weight excluding hydrogens is 250 g/mol. The van der Waals surface area contributed by atoms with Crippen molar-refractivity contribution in [2.75, 3.05) is 11.5 Å². The Morgan fingerprint density at radius 1 is 1.77 bits per heavy atom. The molecule has 0 spiro atoms. The molecule has 1 fully saturated rings. The van der Waals surface area contributed by atoms with Crippen LogP contribution in [0.3, 0.4) is 0 Å². The number of thioether (sulfide) groups is 1. The van der Waals surface area contributed by atoms with Gasteiger partial charge < -0.3 is 5.73 Å². The van der Waals surface area contributed by atoms with E-state index in [2.05, 4.69) is 28.0 Å². The summed E-state index contributed by atoms with van der Waals surface area (Å²) in [5, 5.41) is 4.99. The van der Waals surface area contributed by atoms with Crippen molar-refractivity contribution in [2.24, 2.45) is 0 Å². The summed E-state index contributed by atoms with van der Waals surface area (Å²) < 4.78 is 2.83. The van der Waals surface area contributed by atoms with Crippen molar-refractivity contribution in [3.8, 4) is 0 Å². The fourth-order valence-electron chi connectivity index (χ4n) is 1.61. The van der Waals surface area contributed by atoms with Gasteiger partial charge in [0, 0.05) is 11.0 Å². The first-order valence-corrected chi connectivity index (χ1v) is 6.12. The summed E-state index contributed by atoms with van der Waals surface area (Å²) in [6.07, 6.45) is 2.94. The summed E-state index contributed by atoms with van der Waals surface area (Å²) in [5.41, 5.74) is 5.87. The van der Waals surface area contributed by atoms with Crippen LogP contribution in [0.2, 0.25) is 0 Å². The van der Waals surface area contributed by atoms with E-state index >= 15 is 0 Å². The molecule has 0 bridgehead atoms. The number of rotatable bonds is 1. The van der Waals surface area contributed by atoms with Gasteiger partial charge in [0.05, 0.1) is 16.7 Å².